The van der Waals surface area contributed by atoms with Crippen molar-refractivity contribution >= 4 is 39.1 Å². The third kappa shape index (κ3) is 3.61. The molecule has 1 N–H and O–H groups in total. The van der Waals surface area contributed by atoms with Crippen molar-refractivity contribution in [2.75, 3.05) is 7.11 Å². The quantitative estimate of drug-likeness (QED) is 0.358. The number of aryl methyl sites for hydroxylation is 2. The second kappa shape index (κ2) is 8.00. The molecule has 154 valence electrons. The number of H-pyrrole nitrogens is 1. The van der Waals surface area contributed by atoms with Gasteiger partial charge in [0.15, 0.2) is 5.78 Å². The number of benzene rings is 1. The van der Waals surface area contributed by atoms with Crippen molar-refractivity contribution in [3.63, 3.8) is 0 Å². The normalized spacial score (nSPS) is 11.2. The highest BCUT2D eigenvalue weighted by molar-refractivity contribution is 7.98. The molecule has 9 nitrogen and oxygen atoms in total. The molecule has 4 aromatic rings. The van der Waals surface area contributed by atoms with Gasteiger partial charge in [0.05, 0.1) is 23.1 Å². The van der Waals surface area contributed by atoms with Gasteiger partial charge in [-0.2, -0.15) is 4.68 Å². The molecule has 3 aromatic heterocycles. The van der Waals surface area contributed by atoms with E-state index in [0.29, 0.717) is 43.1 Å². The number of carbonyl (C=O) groups is 1. The van der Waals surface area contributed by atoms with E-state index in [0.717, 1.165) is 11.3 Å². The van der Waals surface area contributed by atoms with Crippen LogP contribution in [0.2, 0.25) is 0 Å². The number of Topliss-reactive ketones (excluding diaryl/α,β-unsaturated/α-hetero) is 1. The zero-order valence-electron chi connectivity index (χ0n) is 16.7. The number of rotatable bonds is 6. The monoisotopic (exact) mass is 442 g/mol. The fourth-order valence-corrected chi connectivity index (χ4v) is 4.96. The molecular weight excluding hydrogens is 424 g/mol. The summed E-state index contributed by atoms with van der Waals surface area (Å²) in [5.41, 5.74) is 2.19. The first-order valence-corrected chi connectivity index (χ1v) is 10.8. The summed E-state index contributed by atoms with van der Waals surface area (Å²) in [4.78, 5) is 32.8. The molecule has 0 aliphatic carbocycles. The minimum absolute atomic E-state index is 0.0721. The van der Waals surface area contributed by atoms with Crippen LogP contribution in [-0.2, 0) is 5.75 Å². The number of nitrogens with one attached hydrogen (secondary N) is 1. The van der Waals surface area contributed by atoms with Gasteiger partial charge in [-0.3, -0.25) is 9.59 Å². The Morgan fingerprint density at radius 1 is 1.33 bits per heavy atom. The Labute approximate surface area is 179 Å². The second-order valence-corrected chi connectivity index (χ2v) is 8.58. The van der Waals surface area contributed by atoms with Crippen LogP contribution in [0.25, 0.3) is 15.9 Å². The van der Waals surface area contributed by atoms with Crippen molar-refractivity contribution in [3.8, 4) is 11.4 Å². The number of ether oxygens (including phenoxy) is 1. The molecule has 0 aliphatic heterocycles. The summed E-state index contributed by atoms with van der Waals surface area (Å²) in [7, 11) is 1.59. The lowest BCUT2D eigenvalue weighted by Gasteiger charge is -2.10. The van der Waals surface area contributed by atoms with Crippen LogP contribution in [0.5, 0.6) is 5.75 Å². The molecule has 0 saturated heterocycles. The predicted octanol–water partition coefficient (Wildman–Crippen LogP) is 3.08. The summed E-state index contributed by atoms with van der Waals surface area (Å²) < 4.78 is 7.02. The number of tetrazole rings is 1. The highest BCUT2D eigenvalue weighted by Gasteiger charge is 2.18. The van der Waals surface area contributed by atoms with Gasteiger partial charge in [0, 0.05) is 0 Å². The Kier molecular flexibility index (Phi) is 5.39. The minimum Gasteiger partial charge on any atom is -0.494 e. The number of nitrogens with zero attached hydrogens (tertiary/aromatic N) is 5. The number of aromatic nitrogens is 6. The van der Waals surface area contributed by atoms with Crippen molar-refractivity contribution in [1.82, 2.24) is 30.2 Å². The van der Waals surface area contributed by atoms with Crippen molar-refractivity contribution in [1.29, 1.82) is 0 Å². The van der Waals surface area contributed by atoms with E-state index in [4.69, 9.17) is 4.74 Å². The van der Waals surface area contributed by atoms with Crippen LogP contribution in [0.15, 0.2) is 28.2 Å². The molecule has 4 rings (SSSR count). The summed E-state index contributed by atoms with van der Waals surface area (Å²) in [5.74, 6) is 1.41. The third-order valence-corrected chi connectivity index (χ3v) is 6.73. The number of methoxy groups -OCH3 is 1. The van der Waals surface area contributed by atoms with Gasteiger partial charge in [0.1, 0.15) is 22.1 Å². The zero-order valence-corrected chi connectivity index (χ0v) is 18.3. The van der Waals surface area contributed by atoms with Gasteiger partial charge in [0.25, 0.3) is 5.56 Å². The molecule has 0 amide bonds. The Morgan fingerprint density at radius 2 is 2.13 bits per heavy atom. The van der Waals surface area contributed by atoms with Crippen molar-refractivity contribution in [3.05, 3.63) is 50.4 Å². The largest absolute Gasteiger partial charge is 0.494 e. The first-order valence-electron chi connectivity index (χ1n) is 8.98. The standard InChI is InChI=1S/C19H18N6O3S2/c1-9-5-6-13(28-4)12(7-9)25-19(22-23-24-25)29-8-14-20-17(27)15-10(2)16(11(3)26)30-18(15)21-14/h5-7H,8H2,1-4H3,(H,20,21,27). The van der Waals surface area contributed by atoms with Gasteiger partial charge in [-0.15, -0.1) is 16.4 Å². The van der Waals surface area contributed by atoms with E-state index in [1.54, 1.807) is 18.7 Å². The number of thiophene rings is 1. The van der Waals surface area contributed by atoms with E-state index in [1.807, 2.05) is 25.1 Å². The lowest BCUT2D eigenvalue weighted by atomic mass is 10.2. The summed E-state index contributed by atoms with van der Waals surface area (Å²) in [5, 5.41) is 12.9. The number of thioether (sulfide) groups is 1. The van der Waals surface area contributed by atoms with Crippen LogP contribution >= 0.6 is 23.1 Å². The minimum atomic E-state index is -0.253. The maximum atomic E-state index is 12.6. The van der Waals surface area contributed by atoms with Gasteiger partial charge in [-0.25, -0.2) is 4.98 Å². The van der Waals surface area contributed by atoms with Crippen molar-refractivity contribution < 1.29 is 9.53 Å². The first-order chi connectivity index (χ1) is 14.4. The third-order valence-electron chi connectivity index (χ3n) is 4.51. The smallest absolute Gasteiger partial charge is 0.259 e. The molecular formula is C19H18N6O3S2. The number of fused-ring (bicyclic) bond motifs is 1. The van der Waals surface area contributed by atoms with Crippen LogP contribution in [0.3, 0.4) is 0 Å². The lowest BCUT2D eigenvalue weighted by molar-refractivity contribution is 0.102. The fourth-order valence-electron chi connectivity index (χ4n) is 3.11. The topological polar surface area (TPSA) is 116 Å². The molecule has 0 saturated carbocycles. The molecule has 11 heteroatoms. The van der Waals surface area contributed by atoms with Crippen LogP contribution in [0, 0.1) is 13.8 Å². The second-order valence-electron chi connectivity index (χ2n) is 6.64. The van der Waals surface area contributed by atoms with E-state index in [9.17, 15) is 9.59 Å². The summed E-state index contributed by atoms with van der Waals surface area (Å²) in [6.45, 7) is 5.23. The van der Waals surface area contributed by atoms with Gasteiger partial charge in [0.2, 0.25) is 5.16 Å². The summed E-state index contributed by atoms with van der Waals surface area (Å²) in [6, 6.07) is 5.74. The number of aromatic amines is 1. The van der Waals surface area contributed by atoms with Gasteiger partial charge >= 0.3 is 0 Å². The van der Waals surface area contributed by atoms with Crippen molar-refractivity contribution in [2.45, 2.75) is 31.7 Å². The average molecular weight is 443 g/mol. The molecule has 3 heterocycles. The van der Waals surface area contributed by atoms with E-state index in [-0.39, 0.29) is 11.3 Å². The SMILES string of the molecule is COc1ccc(C)cc1-n1nnnc1SCc1nc2sc(C(C)=O)c(C)c2c(=O)[nH]1. The number of hydrogen-bond acceptors (Lipinski definition) is 9. The zero-order chi connectivity index (χ0) is 21.4. The molecule has 0 radical (unpaired) electrons. The number of carbonyl (C=O) groups excluding carboxylic acids is 1. The predicted molar refractivity (Wildman–Crippen MR) is 115 cm³/mol. The summed E-state index contributed by atoms with van der Waals surface area (Å²) >= 11 is 2.58. The maximum Gasteiger partial charge on any atom is 0.259 e. The Hall–Kier alpha value is -3.05. The van der Waals surface area contributed by atoms with Crippen LogP contribution in [-0.4, -0.2) is 43.1 Å². The molecule has 0 unspecified atom stereocenters. The molecule has 0 fully saturated rings. The van der Waals surface area contributed by atoms with E-state index in [2.05, 4.69) is 25.5 Å². The molecule has 0 aliphatic rings. The van der Waals surface area contributed by atoms with E-state index < -0.39 is 0 Å². The van der Waals surface area contributed by atoms with Crippen molar-refractivity contribution in [2.24, 2.45) is 0 Å². The molecule has 0 atom stereocenters. The Morgan fingerprint density at radius 3 is 2.87 bits per heavy atom. The van der Waals surface area contributed by atoms with Gasteiger partial charge < -0.3 is 9.72 Å². The molecule has 30 heavy (non-hydrogen) atoms. The summed E-state index contributed by atoms with van der Waals surface area (Å²) in [6.07, 6.45) is 0. The van der Waals surface area contributed by atoms with E-state index >= 15 is 0 Å². The van der Waals surface area contributed by atoms with Crippen LogP contribution in [0.4, 0.5) is 0 Å². The molecule has 0 spiro atoms. The molecule has 0 bridgehead atoms. The highest BCUT2D eigenvalue weighted by Crippen LogP contribution is 2.30. The maximum absolute atomic E-state index is 12.6. The Bertz CT molecular complexity index is 1320. The van der Waals surface area contributed by atoms with Gasteiger partial charge in [-0.05, 0) is 54.5 Å². The highest BCUT2D eigenvalue weighted by atomic mass is 32.2. The lowest BCUT2D eigenvalue weighted by Crippen LogP contribution is -2.11. The van der Waals surface area contributed by atoms with Gasteiger partial charge in [-0.1, -0.05) is 17.8 Å². The first kappa shape index (κ1) is 20.2. The number of hydrogen-bond donors (Lipinski definition) is 1. The molecule has 1 aromatic carbocycles. The average Bonchev–Trinajstić information content (AvgIpc) is 3.31. The van der Waals surface area contributed by atoms with Crippen LogP contribution in [0.1, 0.15) is 33.5 Å². The van der Waals surface area contributed by atoms with E-state index in [1.165, 1.54) is 30.0 Å². The number of ketones is 1. The van der Waals surface area contributed by atoms with Crippen LogP contribution < -0.4 is 10.3 Å². The Balaban J connectivity index is 1.65. The fraction of sp³-hybridized carbons (Fsp3) is 0.263.